The summed E-state index contributed by atoms with van der Waals surface area (Å²) in [6.45, 7) is 2.66. The van der Waals surface area contributed by atoms with E-state index in [4.69, 9.17) is 0 Å². The van der Waals surface area contributed by atoms with E-state index in [0.29, 0.717) is 18.7 Å². The molecule has 1 aromatic carbocycles. The van der Waals surface area contributed by atoms with Crippen molar-refractivity contribution in [1.82, 2.24) is 9.78 Å². The van der Waals surface area contributed by atoms with E-state index in [9.17, 15) is 18.9 Å². The molecule has 0 fully saturated rings. The fourth-order valence-electron chi connectivity index (χ4n) is 1.85. The van der Waals surface area contributed by atoms with E-state index in [1.807, 2.05) is 6.92 Å². The number of anilines is 1. The maximum atomic E-state index is 13.7. The number of benzene rings is 1. The molecule has 2 aromatic rings. The van der Waals surface area contributed by atoms with Crippen LogP contribution in [0.2, 0.25) is 0 Å². The average Bonchev–Trinajstić information content (AvgIpc) is 2.84. The van der Waals surface area contributed by atoms with Gasteiger partial charge in [0.1, 0.15) is 11.5 Å². The van der Waals surface area contributed by atoms with Crippen LogP contribution in [0.5, 0.6) is 0 Å². The van der Waals surface area contributed by atoms with Gasteiger partial charge in [-0.25, -0.2) is 8.78 Å². The molecule has 0 amide bonds. The normalized spacial score (nSPS) is 10.6. The number of nitro groups is 1. The Morgan fingerprint density at radius 3 is 2.85 bits per heavy atom. The fourth-order valence-corrected chi connectivity index (χ4v) is 1.85. The molecule has 0 saturated heterocycles. The number of nitrogens with one attached hydrogen (secondary N) is 1. The zero-order valence-electron chi connectivity index (χ0n) is 10.6. The molecule has 2 rings (SSSR count). The van der Waals surface area contributed by atoms with Crippen LogP contribution in [0, 0.1) is 21.7 Å². The van der Waals surface area contributed by atoms with E-state index in [2.05, 4.69) is 10.4 Å². The molecule has 106 valence electrons. The molecule has 0 aliphatic carbocycles. The van der Waals surface area contributed by atoms with Crippen LogP contribution >= 0.6 is 0 Å². The van der Waals surface area contributed by atoms with Crippen LogP contribution in [0.15, 0.2) is 24.4 Å². The lowest BCUT2D eigenvalue weighted by molar-refractivity contribution is -0.384. The minimum Gasteiger partial charge on any atom is -0.371 e. The van der Waals surface area contributed by atoms with E-state index < -0.39 is 22.2 Å². The fraction of sp³-hybridized carbons (Fsp3) is 0.250. The molecular weight excluding hydrogens is 270 g/mol. The van der Waals surface area contributed by atoms with Crippen molar-refractivity contribution in [2.75, 3.05) is 5.32 Å². The summed E-state index contributed by atoms with van der Waals surface area (Å²) in [5.41, 5.74) is -0.226. The molecule has 0 spiro atoms. The van der Waals surface area contributed by atoms with Crippen molar-refractivity contribution in [1.29, 1.82) is 0 Å². The highest BCUT2D eigenvalue weighted by molar-refractivity contribution is 5.62. The predicted octanol–water partition coefficient (Wildman–Crippen LogP) is 2.70. The quantitative estimate of drug-likeness (QED) is 0.676. The second kappa shape index (κ2) is 5.64. The molecule has 0 saturated carbocycles. The highest BCUT2D eigenvalue weighted by atomic mass is 19.1. The van der Waals surface area contributed by atoms with Crippen LogP contribution in [-0.4, -0.2) is 14.7 Å². The van der Waals surface area contributed by atoms with E-state index in [1.165, 1.54) is 0 Å². The first kappa shape index (κ1) is 13.9. The first-order chi connectivity index (χ1) is 9.52. The second-order valence-corrected chi connectivity index (χ2v) is 4.03. The monoisotopic (exact) mass is 282 g/mol. The largest absolute Gasteiger partial charge is 0.371 e. The molecular formula is C12H12F2N4O2. The van der Waals surface area contributed by atoms with Gasteiger partial charge in [-0.05, 0) is 13.0 Å². The molecule has 8 heteroatoms. The minimum atomic E-state index is -1.00. The Bertz CT molecular complexity index is 642. The number of halogens is 2. The van der Waals surface area contributed by atoms with Crippen molar-refractivity contribution < 1.29 is 13.7 Å². The Kier molecular flexibility index (Phi) is 3.92. The zero-order chi connectivity index (χ0) is 14.7. The molecule has 1 N–H and O–H groups in total. The van der Waals surface area contributed by atoms with Crippen LogP contribution in [0.4, 0.5) is 20.2 Å². The highest BCUT2D eigenvalue weighted by Crippen LogP contribution is 2.29. The number of aromatic nitrogens is 2. The van der Waals surface area contributed by atoms with E-state index in [-0.39, 0.29) is 12.2 Å². The highest BCUT2D eigenvalue weighted by Gasteiger charge is 2.20. The van der Waals surface area contributed by atoms with Crippen LogP contribution in [0.1, 0.15) is 12.6 Å². The number of hydrogen-bond acceptors (Lipinski definition) is 4. The molecule has 0 aliphatic rings. The van der Waals surface area contributed by atoms with Gasteiger partial charge in [0.25, 0.3) is 5.69 Å². The van der Waals surface area contributed by atoms with Gasteiger partial charge in [-0.3, -0.25) is 14.8 Å². The minimum absolute atomic E-state index is 0.150. The third kappa shape index (κ3) is 2.73. The van der Waals surface area contributed by atoms with Crippen LogP contribution in [0.25, 0.3) is 0 Å². The van der Waals surface area contributed by atoms with Gasteiger partial charge in [0.05, 0.1) is 23.2 Å². The maximum Gasteiger partial charge on any atom is 0.298 e. The van der Waals surface area contributed by atoms with Gasteiger partial charge < -0.3 is 5.32 Å². The van der Waals surface area contributed by atoms with Crippen molar-refractivity contribution in [2.45, 2.75) is 20.0 Å². The molecule has 0 radical (unpaired) electrons. The smallest absolute Gasteiger partial charge is 0.298 e. The Labute approximate surface area is 113 Å². The predicted molar refractivity (Wildman–Crippen MR) is 68.2 cm³/mol. The zero-order valence-corrected chi connectivity index (χ0v) is 10.6. The Hall–Kier alpha value is -2.51. The standard InChI is InChI=1S/C12H12F2N4O2/c1-2-17-9(3-4-16-17)7-15-12-10(14)5-8(13)6-11(12)18(19)20/h3-6,15H,2,7H2,1H3. The Morgan fingerprint density at radius 1 is 1.45 bits per heavy atom. The average molecular weight is 282 g/mol. The van der Waals surface area contributed by atoms with E-state index in [1.54, 1.807) is 16.9 Å². The van der Waals surface area contributed by atoms with Gasteiger partial charge in [-0.15, -0.1) is 0 Å². The summed E-state index contributed by atoms with van der Waals surface area (Å²) < 4.78 is 28.3. The summed E-state index contributed by atoms with van der Waals surface area (Å²) in [5, 5.41) is 17.5. The number of rotatable bonds is 5. The van der Waals surface area contributed by atoms with Gasteiger partial charge in [0.2, 0.25) is 0 Å². The van der Waals surface area contributed by atoms with Gasteiger partial charge in [-0.1, -0.05) is 0 Å². The molecule has 0 bridgehead atoms. The number of hydrogen-bond donors (Lipinski definition) is 1. The lowest BCUT2D eigenvalue weighted by atomic mass is 10.2. The summed E-state index contributed by atoms with van der Waals surface area (Å²) >= 11 is 0. The van der Waals surface area contributed by atoms with Gasteiger partial charge >= 0.3 is 0 Å². The molecule has 1 aromatic heterocycles. The Morgan fingerprint density at radius 2 is 2.20 bits per heavy atom. The van der Waals surface area contributed by atoms with Crippen LogP contribution in [0.3, 0.4) is 0 Å². The van der Waals surface area contributed by atoms with Gasteiger partial charge in [-0.2, -0.15) is 5.10 Å². The third-order valence-electron chi connectivity index (χ3n) is 2.78. The van der Waals surface area contributed by atoms with Crippen molar-refractivity contribution in [3.05, 3.63) is 51.8 Å². The van der Waals surface area contributed by atoms with Crippen molar-refractivity contribution >= 4 is 11.4 Å². The first-order valence-electron chi connectivity index (χ1n) is 5.91. The first-order valence-corrected chi connectivity index (χ1v) is 5.91. The topological polar surface area (TPSA) is 73.0 Å². The summed E-state index contributed by atoms with van der Waals surface area (Å²) in [7, 11) is 0. The van der Waals surface area contributed by atoms with Crippen molar-refractivity contribution in [3.63, 3.8) is 0 Å². The summed E-state index contributed by atoms with van der Waals surface area (Å²) in [4.78, 5) is 10.00. The van der Waals surface area contributed by atoms with E-state index >= 15 is 0 Å². The molecule has 0 aliphatic heterocycles. The molecule has 6 nitrogen and oxygen atoms in total. The number of nitro benzene ring substituents is 1. The van der Waals surface area contributed by atoms with Crippen LogP contribution < -0.4 is 5.32 Å². The van der Waals surface area contributed by atoms with E-state index in [0.717, 1.165) is 5.69 Å². The molecule has 0 atom stereocenters. The molecule has 20 heavy (non-hydrogen) atoms. The Balaban J connectivity index is 2.27. The van der Waals surface area contributed by atoms with Crippen molar-refractivity contribution in [3.8, 4) is 0 Å². The maximum absolute atomic E-state index is 13.7. The van der Waals surface area contributed by atoms with Gasteiger partial charge in [0.15, 0.2) is 5.82 Å². The lowest BCUT2D eigenvalue weighted by Crippen LogP contribution is -2.10. The number of nitrogens with zero attached hydrogens (tertiary/aromatic N) is 3. The SMILES string of the molecule is CCn1nccc1CNc1c(F)cc(F)cc1[N+](=O)[O-]. The second-order valence-electron chi connectivity index (χ2n) is 4.03. The van der Waals surface area contributed by atoms with Crippen molar-refractivity contribution in [2.24, 2.45) is 0 Å². The summed E-state index contributed by atoms with van der Waals surface area (Å²) in [6.07, 6.45) is 1.58. The van der Waals surface area contributed by atoms with Gasteiger partial charge in [0, 0.05) is 18.8 Å². The summed E-state index contributed by atoms with van der Waals surface area (Å²) in [5.74, 6) is -1.99. The number of aryl methyl sites for hydroxylation is 1. The van der Waals surface area contributed by atoms with Crippen LogP contribution in [-0.2, 0) is 13.1 Å². The molecule has 1 heterocycles. The lowest BCUT2D eigenvalue weighted by Gasteiger charge is -2.09. The third-order valence-corrected chi connectivity index (χ3v) is 2.78. The summed E-state index contributed by atoms with van der Waals surface area (Å²) in [6, 6.07) is 3.00. The molecule has 0 unspecified atom stereocenters.